The van der Waals surface area contributed by atoms with Crippen molar-refractivity contribution in [2.75, 3.05) is 18.9 Å². The molecule has 1 aromatic carbocycles. The summed E-state index contributed by atoms with van der Waals surface area (Å²) in [6.07, 6.45) is 0.908. The lowest BCUT2D eigenvalue weighted by Crippen LogP contribution is -3.11. The Morgan fingerprint density at radius 3 is 2.66 bits per heavy atom. The second kappa shape index (κ2) is 7.46. The van der Waals surface area contributed by atoms with Gasteiger partial charge in [-0.3, -0.25) is 4.79 Å². The van der Waals surface area contributed by atoms with Gasteiger partial charge < -0.3 is 15.5 Å². The number of likely N-dealkylation sites (N-methyl/N-ethyl adjacent to an activating group) is 1. The van der Waals surface area contributed by atoms with E-state index in [1.807, 2.05) is 12.1 Å². The van der Waals surface area contributed by atoms with Crippen molar-refractivity contribution in [3.8, 4) is 5.75 Å². The second-order valence-corrected chi connectivity index (χ2v) is 9.81. The Morgan fingerprint density at radius 2 is 2.00 bits per heavy atom. The van der Waals surface area contributed by atoms with Gasteiger partial charge in [-0.2, -0.15) is 0 Å². The third-order valence-electron chi connectivity index (χ3n) is 5.74. The largest absolute Gasteiger partial charge is 0.486 e. The summed E-state index contributed by atoms with van der Waals surface area (Å²) in [6.45, 7) is 12.0. The average Bonchev–Trinajstić information content (AvgIpc) is 3.06. The molecule has 1 aliphatic rings. The smallest absolute Gasteiger partial charge is 0.281 e. The summed E-state index contributed by atoms with van der Waals surface area (Å²) in [5.41, 5.74) is 2.31. The first kappa shape index (κ1) is 19.9. The van der Waals surface area contributed by atoms with Gasteiger partial charge in [0.05, 0.1) is 23.4 Å². The van der Waals surface area contributed by atoms with E-state index in [-0.39, 0.29) is 17.6 Å². The van der Waals surface area contributed by atoms with Crippen molar-refractivity contribution in [3.63, 3.8) is 0 Å². The van der Waals surface area contributed by atoms with Crippen LogP contribution in [0.2, 0.25) is 0 Å². The molecule has 0 saturated heterocycles. The first-order chi connectivity index (χ1) is 13.8. The Kier molecular flexibility index (Phi) is 5.12. The Hall–Kier alpha value is -2.38. The zero-order chi connectivity index (χ0) is 20.8. The molecule has 2 aromatic heterocycles. The quantitative estimate of drug-likeness (QED) is 0.642. The fourth-order valence-corrected chi connectivity index (χ4v) is 5.13. The minimum Gasteiger partial charge on any atom is -0.486 e. The molecule has 1 aliphatic heterocycles. The van der Waals surface area contributed by atoms with Gasteiger partial charge in [-0.1, -0.05) is 32.9 Å². The molecule has 0 amide bonds. The van der Waals surface area contributed by atoms with Gasteiger partial charge in [0.25, 0.3) is 5.56 Å². The van der Waals surface area contributed by atoms with Crippen LogP contribution in [0.5, 0.6) is 5.75 Å². The molecule has 3 aromatic rings. The number of benzene rings is 1. The third-order valence-corrected chi connectivity index (χ3v) is 6.87. The summed E-state index contributed by atoms with van der Waals surface area (Å²) in [5, 5.41) is 0.695. The van der Waals surface area contributed by atoms with Gasteiger partial charge in [0.1, 0.15) is 23.7 Å². The van der Waals surface area contributed by atoms with Gasteiger partial charge in [0.2, 0.25) is 0 Å². The molecule has 0 aliphatic carbocycles. The molecule has 0 spiro atoms. The number of nitrogens with zero attached hydrogens (tertiary/aromatic N) is 2. The van der Waals surface area contributed by atoms with E-state index >= 15 is 0 Å². The minimum absolute atomic E-state index is 0.0935. The van der Waals surface area contributed by atoms with E-state index in [1.54, 1.807) is 16.2 Å². The van der Waals surface area contributed by atoms with E-state index in [0.717, 1.165) is 46.9 Å². The minimum atomic E-state index is -0.172. The van der Waals surface area contributed by atoms with E-state index in [2.05, 4.69) is 44.8 Å². The number of nitrogens with one attached hydrogen (secondary N) is 1. The SMILES string of the molecule is CC[NH+]1CCc2c(sc3nc(COc4ccc(C(C)(C)C)cc4)n(N)c(=O)c23)C1. The van der Waals surface area contributed by atoms with E-state index in [4.69, 9.17) is 10.6 Å². The lowest BCUT2D eigenvalue weighted by Gasteiger charge is -2.22. The number of hydrogen-bond donors (Lipinski definition) is 2. The van der Waals surface area contributed by atoms with Crippen molar-refractivity contribution < 1.29 is 9.64 Å². The molecule has 29 heavy (non-hydrogen) atoms. The predicted octanol–water partition coefficient (Wildman–Crippen LogP) is 2.01. The first-order valence-corrected chi connectivity index (χ1v) is 11.0. The third kappa shape index (κ3) is 3.76. The van der Waals surface area contributed by atoms with Crippen molar-refractivity contribution in [1.82, 2.24) is 9.66 Å². The average molecular weight is 414 g/mol. The van der Waals surface area contributed by atoms with Crippen LogP contribution in [0, 0.1) is 0 Å². The number of quaternary nitrogens is 1. The number of rotatable bonds is 4. The summed E-state index contributed by atoms with van der Waals surface area (Å²) in [5.74, 6) is 7.28. The Bertz CT molecular complexity index is 1090. The first-order valence-electron chi connectivity index (χ1n) is 10.2. The van der Waals surface area contributed by atoms with E-state index in [0.29, 0.717) is 11.2 Å². The molecular formula is C22H29N4O2S+. The molecule has 1 atom stereocenters. The summed E-state index contributed by atoms with van der Waals surface area (Å²) in [6, 6.07) is 8.03. The maximum atomic E-state index is 12.9. The predicted molar refractivity (Wildman–Crippen MR) is 117 cm³/mol. The van der Waals surface area contributed by atoms with E-state index < -0.39 is 0 Å². The van der Waals surface area contributed by atoms with Crippen LogP contribution in [0.15, 0.2) is 29.1 Å². The van der Waals surface area contributed by atoms with Crippen molar-refractivity contribution in [2.45, 2.75) is 52.7 Å². The van der Waals surface area contributed by atoms with Gasteiger partial charge in [0, 0.05) is 6.42 Å². The van der Waals surface area contributed by atoms with Gasteiger partial charge in [-0.15, -0.1) is 11.3 Å². The number of nitrogens with two attached hydrogens (primary N) is 1. The van der Waals surface area contributed by atoms with Crippen LogP contribution in [0.1, 0.15) is 49.5 Å². The lowest BCUT2D eigenvalue weighted by atomic mass is 9.87. The number of fused-ring (bicyclic) bond motifs is 3. The van der Waals surface area contributed by atoms with Crippen LogP contribution in [0.4, 0.5) is 0 Å². The maximum Gasteiger partial charge on any atom is 0.281 e. The van der Waals surface area contributed by atoms with Crippen LogP contribution in [0.3, 0.4) is 0 Å². The standard InChI is InChI=1S/C22H28N4O2S/c1-5-25-11-10-16-17(12-25)29-20-19(16)21(27)26(23)18(24-20)13-28-15-8-6-14(7-9-15)22(2,3)4/h6-9H,5,10-13,23H2,1-4H3/p+1. The topological polar surface area (TPSA) is 74.6 Å². The molecular weight excluding hydrogens is 384 g/mol. The lowest BCUT2D eigenvalue weighted by molar-refractivity contribution is -0.913. The highest BCUT2D eigenvalue weighted by Gasteiger charge is 2.26. The molecule has 4 rings (SSSR count). The summed E-state index contributed by atoms with van der Waals surface area (Å²) >= 11 is 1.63. The molecule has 0 saturated carbocycles. The molecule has 3 N–H and O–H groups in total. The van der Waals surface area contributed by atoms with Crippen molar-refractivity contribution in [2.24, 2.45) is 0 Å². The molecule has 7 heteroatoms. The zero-order valence-electron chi connectivity index (χ0n) is 17.5. The van der Waals surface area contributed by atoms with Crippen LogP contribution in [-0.4, -0.2) is 22.7 Å². The van der Waals surface area contributed by atoms with E-state index in [9.17, 15) is 4.79 Å². The molecule has 0 bridgehead atoms. The Morgan fingerprint density at radius 1 is 1.28 bits per heavy atom. The fraction of sp³-hybridized carbons (Fsp3) is 0.455. The number of ether oxygens (including phenoxy) is 1. The summed E-state index contributed by atoms with van der Waals surface area (Å²) in [7, 11) is 0. The van der Waals surface area contributed by atoms with E-state index in [1.165, 1.54) is 10.4 Å². The fourth-order valence-electron chi connectivity index (χ4n) is 3.83. The van der Waals surface area contributed by atoms with Crippen molar-refractivity contribution in [1.29, 1.82) is 0 Å². The zero-order valence-corrected chi connectivity index (χ0v) is 18.4. The molecule has 3 heterocycles. The van der Waals surface area contributed by atoms with Crippen molar-refractivity contribution >= 4 is 21.6 Å². The van der Waals surface area contributed by atoms with Crippen molar-refractivity contribution in [3.05, 3.63) is 56.4 Å². The Labute approximate surface area is 174 Å². The molecule has 154 valence electrons. The molecule has 0 fully saturated rings. The highest BCUT2D eigenvalue weighted by atomic mass is 32.1. The highest BCUT2D eigenvalue weighted by Crippen LogP contribution is 2.29. The monoisotopic (exact) mass is 413 g/mol. The van der Waals surface area contributed by atoms with Gasteiger partial charge in [0.15, 0.2) is 5.82 Å². The Balaban J connectivity index is 1.60. The highest BCUT2D eigenvalue weighted by molar-refractivity contribution is 7.18. The van der Waals surface area contributed by atoms with Gasteiger partial charge in [-0.05, 0) is 35.6 Å². The molecule has 6 nitrogen and oxygen atoms in total. The second-order valence-electron chi connectivity index (χ2n) is 8.73. The molecule has 1 unspecified atom stereocenters. The summed E-state index contributed by atoms with van der Waals surface area (Å²) in [4.78, 5) is 21.2. The normalized spacial score (nSPS) is 16.8. The summed E-state index contributed by atoms with van der Waals surface area (Å²) < 4.78 is 7.03. The van der Waals surface area contributed by atoms with Crippen LogP contribution >= 0.6 is 11.3 Å². The number of aromatic nitrogens is 2. The number of nitrogen functional groups attached to an aromatic ring is 1. The molecule has 0 radical (unpaired) electrons. The van der Waals surface area contributed by atoms with Gasteiger partial charge in [-0.25, -0.2) is 9.66 Å². The van der Waals surface area contributed by atoms with Gasteiger partial charge >= 0.3 is 0 Å². The van der Waals surface area contributed by atoms with Crippen LogP contribution in [0.25, 0.3) is 10.2 Å². The number of thiophene rings is 1. The van der Waals surface area contributed by atoms with Crippen LogP contribution in [-0.2, 0) is 25.0 Å². The maximum absolute atomic E-state index is 12.9. The number of hydrogen-bond acceptors (Lipinski definition) is 5. The van der Waals surface area contributed by atoms with Crippen LogP contribution < -0.4 is 21.0 Å².